The number of rotatable bonds is 4. The number of ether oxygens (including phenoxy) is 2. The molecule has 0 radical (unpaired) electrons. The Morgan fingerprint density at radius 3 is 3.00 bits per heavy atom. The van der Waals surface area contributed by atoms with Gasteiger partial charge < -0.3 is 14.0 Å². The molecule has 0 aromatic carbocycles. The molecule has 0 N–H and O–H groups in total. The van der Waals surface area contributed by atoms with E-state index in [2.05, 4.69) is 19.0 Å². The second kappa shape index (κ2) is 4.97. The molecule has 1 aromatic heterocycles. The molecule has 0 spiro atoms. The summed E-state index contributed by atoms with van der Waals surface area (Å²) in [5.74, 6) is 0. The van der Waals surface area contributed by atoms with Crippen LogP contribution in [0.25, 0.3) is 0 Å². The molecule has 0 aliphatic carbocycles. The van der Waals surface area contributed by atoms with E-state index < -0.39 is 0 Å². The second-order valence-electron chi connectivity index (χ2n) is 4.88. The molecule has 4 nitrogen and oxygen atoms in total. The summed E-state index contributed by atoms with van der Waals surface area (Å²) in [4.78, 5) is 0. The molecular weight excluding hydrogens is 206 g/mol. The minimum atomic E-state index is -0.131. The van der Waals surface area contributed by atoms with Crippen molar-refractivity contribution in [2.75, 3.05) is 13.2 Å². The van der Waals surface area contributed by atoms with Crippen molar-refractivity contribution in [2.45, 2.75) is 44.8 Å². The van der Waals surface area contributed by atoms with Crippen molar-refractivity contribution in [1.82, 2.24) is 5.16 Å². The van der Waals surface area contributed by atoms with Gasteiger partial charge in [-0.2, -0.15) is 0 Å². The molecule has 1 aromatic rings. The van der Waals surface area contributed by atoms with E-state index in [0.717, 1.165) is 25.1 Å². The van der Waals surface area contributed by atoms with Crippen LogP contribution in [-0.4, -0.2) is 24.7 Å². The van der Waals surface area contributed by atoms with Gasteiger partial charge >= 0.3 is 0 Å². The lowest BCUT2D eigenvalue weighted by Gasteiger charge is -2.28. The van der Waals surface area contributed by atoms with E-state index in [1.165, 1.54) is 6.42 Å². The van der Waals surface area contributed by atoms with Gasteiger partial charge in [0, 0.05) is 18.1 Å². The molecule has 0 saturated carbocycles. The molecular formula is C12H19NO3. The second-order valence-corrected chi connectivity index (χ2v) is 4.88. The third-order valence-electron chi connectivity index (χ3n) is 2.90. The Balaban J connectivity index is 1.84. The first-order valence-corrected chi connectivity index (χ1v) is 5.82. The molecule has 1 aliphatic heterocycles. The Hall–Kier alpha value is -0.870. The average molecular weight is 225 g/mol. The predicted octanol–water partition coefficient (Wildman–Crippen LogP) is 2.50. The average Bonchev–Trinajstić information content (AvgIpc) is 2.82. The van der Waals surface area contributed by atoms with E-state index in [1.807, 2.05) is 6.07 Å². The van der Waals surface area contributed by atoms with Crippen molar-refractivity contribution in [3.63, 3.8) is 0 Å². The standard InChI is InChI=1S/C12H19NO3/c1-12(2,10-6-8-16-13-10)9-15-11-5-3-4-7-14-11/h6,8,11H,3-5,7,9H2,1-2H3. The SMILES string of the molecule is CC(C)(COC1CCCCO1)c1ccon1. The van der Waals surface area contributed by atoms with Crippen molar-refractivity contribution < 1.29 is 14.0 Å². The molecule has 1 saturated heterocycles. The van der Waals surface area contributed by atoms with E-state index in [4.69, 9.17) is 14.0 Å². The Kier molecular flexibility index (Phi) is 3.61. The summed E-state index contributed by atoms with van der Waals surface area (Å²) in [5, 5.41) is 3.96. The third-order valence-corrected chi connectivity index (χ3v) is 2.90. The minimum absolute atomic E-state index is 0.0417. The van der Waals surface area contributed by atoms with Gasteiger partial charge in [-0.3, -0.25) is 0 Å². The molecule has 2 heterocycles. The quantitative estimate of drug-likeness (QED) is 0.789. The van der Waals surface area contributed by atoms with Crippen LogP contribution < -0.4 is 0 Å². The Morgan fingerprint density at radius 2 is 2.38 bits per heavy atom. The fourth-order valence-electron chi connectivity index (χ4n) is 1.78. The molecule has 4 heteroatoms. The Bertz CT molecular complexity index is 302. The molecule has 1 aliphatic rings. The summed E-state index contributed by atoms with van der Waals surface area (Å²) in [6.07, 6.45) is 4.88. The zero-order chi connectivity index (χ0) is 11.4. The number of hydrogen-bond donors (Lipinski definition) is 0. The van der Waals surface area contributed by atoms with Crippen LogP contribution in [0.3, 0.4) is 0 Å². The highest BCUT2D eigenvalue weighted by atomic mass is 16.7. The van der Waals surface area contributed by atoms with Crippen LogP contribution >= 0.6 is 0 Å². The number of aromatic nitrogens is 1. The summed E-state index contributed by atoms with van der Waals surface area (Å²) in [6, 6.07) is 1.88. The van der Waals surface area contributed by atoms with E-state index >= 15 is 0 Å². The van der Waals surface area contributed by atoms with Crippen LogP contribution in [0.15, 0.2) is 16.9 Å². The van der Waals surface area contributed by atoms with Crippen LogP contribution in [-0.2, 0) is 14.9 Å². The van der Waals surface area contributed by atoms with Gasteiger partial charge in [0.25, 0.3) is 0 Å². The molecule has 0 amide bonds. The van der Waals surface area contributed by atoms with Gasteiger partial charge in [-0.15, -0.1) is 0 Å². The highest BCUT2D eigenvalue weighted by Crippen LogP contribution is 2.23. The maximum absolute atomic E-state index is 5.77. The van der Waals surface area contributed by atoms with Crippen molar-refractivity contribution in [1.29, 1.82) is 0 Å². The van der Waals surface area contributed by atoms with Gasteiger partial charge in [-0.25, -0.2) is 0 Å². The highest BCUT2D eigenvalue weighted by molar-refractivity contribution is 5.10. The summed E-state index contributed by atoms with van der Waals surface area (Å²) >= 11 is 0. The lowest BCUT2D eigenvalue weighted by atomic mass is 9.91. The zero-order valence-corrected chi connectivity index (χ0v) is 9.94. The smallest absolute Gasteiger partial charge is 0.157 e. The number of hydrogen-bond acceptors (Lipinski definition) is 4. The predicted molar refractivity (Wildman–Crippen MR) is 59.1 cm³/mol. The fraction of sp³-hybridized carbons (Fsp3) is 0.750. The molecule has 1 fully saturated rings. The van der Waals surface area contributed by atoms with Gasteiger partial charge in [0.1, 0.15) is 6.26 Å². The van der Waals surface area contributed by atoms with E-state index in [1.54, 1.807) is 6.26 Å². The van der Waals surface area contributed by atoms with Crippen LogP contribution in [0.2, 0.25) is 0 Å². The van der Waals surface area contributed by atoms with Crippen LogP contribution in [0, 0.1) is 0 Å². The van der Waals surface area contributed by atoms with E-state index in [9.17, 15) is 0 Å². The van der Waals surface area contributed by atoms with Gasteiger partial charge in [0.05, 0.1) is 12.3 Å². The van der Waals surface area contributed by atoms with Crippen molar-refractivity contribution in [3.05, 3.63) is 18.0 Å². The van der Waals surface area contributed by atoms with Gasteiger partial charge in [-0.1, -0.05) is 19.0 Å². The van der Waals surface area contributed by atoms with Crippen molar-refractivity contribution >= 4 is 0 Å². The minimum Gasteiger partial charge on any atom is -0.364 e. The topological polar surface area (TPSA) is 44.5 Å². The fourth-order valence-corrected chi connectivity index (χ4v) is 1.78. The first-order valence-electron chi connectivity index (χ1n) is 5.82. The summed E-state index contributed by atoms with van der Waals surface area (Å²) in [5.41, 5.74) is 0.789. The van der Waals surface area contributed by atoms with Gasteiger partial charge in [0.2, 0.25) is 0 Å². The number of nitrogens with zero attached hydrogens (tertiary/aromatic N) is 1. The zero-order valence-electron chi connectivity index (χ0n) is 9.94. The maximum atomic E-state index is 5.77. The lowest BCUT2D eigenvalue weighted by molar-refractivity contribution is -0.170. The van der Waals surface area contributed by atoms with Crippen LogP contribution in [0.4, 0.5) is 0 Å². The first kappa shape index (κ1) is 11.6. The molecule has 2 rings (SSSR count). The van der Waals surface area contributed by atoms with E-state index in [-0.39, 0.29) is 11.7 Å². The molecule has 0 bridgehead atoms. The van der Waals surface area contributed by atoms with E-state index in [0.29, 0.717) is 6.61 Å². The maximum Gasteiger partial charge on any atom is 0.157 e. The first-order chi connectivity index (χ1) is 7.68. The third kappa shape index (κ3) is 2.83. The van der Waals surface area contributed by atoms with Gasteiger partial charge in [-0.05, 0) is 19.3 Å². The summed E-state index contributed by atoms with van der Waals surface area (Å²) in [6.45, 7) is 5.60. The lowest BCUT2D eigenvalue weighted by Crippen LogP contribution is -2.31. The van der Waals surface area contributed by atoms with Gasteiger partial charge in [0.15, 0.2) is 6.29 Å². The monoisotopic (exact) mass is 225 g/mol. The Morgan fingerprint density at radius 1 is 1.50 bits per heavy atom. The molecule has 90 valence electrons. The highest BCUT2D eigenvalue weighted by Gasteiger charge is 2.26. The largest absolute Gasteiger partial charge is 0.364 e. The van der Waals surface area contributed by atoms with Crippen molar-refractivity contribution in [3.8, 4) is 0 Å². The van der Waals surface area contributed by atoms with Crippen LogP contribution in [0.1, 0.15) is 38.8 Å². The molecule has 1 atom stereocenters. The van der Waals surface area contributed by atoms with Crippen LogP contribution in [0.5, 0.6) is 0 Å². The Labute approximate surface area is 95.9 Å². The molecule has 1 unspecified atom stereocenters. The summed E-state index contributed by atoms with van der Waals surface area (Å²) in [7, 11) is 0. The normalized spacial score (nSPS) is 22.2. The van der Waals surface area contributed by atoms with Crippen molar-refractivity contribution in [2.24, 2.45) is 0 Å². The summed E-state index contributed by atoms with van der Waals surface area (Å²) < 4.78 is 16.1. The molecule has 16 heavy (non-hydrogen) atoms.